The largest absolute Gasteiger partial charge is 0.340 e. The Labute approximate surface area is 191 Å². The molecule has 1 amide bonds. The molecule has 4 rings (SSSR count). The van der Waals surface area contributed by atoms with Gasteiger partial charge in [-0.2, -0.15) is 0 Å². The second-order valence-electron chi connectivity index (χ2n) is 7.18. The molecule has 0 saturated heterocycles. The molecule has 1 heterocycles. The van der Waals surface area contributed by atoms with Crippen LogP contribution in [0.1, 0.15) is 27.7 Å². The zero-order valence-corrected chi connectivity index (χ0v) is 18.2. The number of carbonyl (C=O) groups excluding carboxylic acids is 1. The molecule has 2 N–H and O–H groups in total. The van der Waals surface area contributed by atoms with Crippen molar-refractivity contribution in [3.05, 3.63) is 126 Å². The molecule has 166 valence electrons. The van der Waals surface area contributed by atoms with Crippen LogP contribution in [-0.4, -0.2) is 19.3 Å². The second-order valence-corrected chi connectivity index (χ2v) is 8.87. The highest BCUT2D eigenvalue weighted by Crippen LogP contribution is 2.22. The SMILES string of the molecule is O=C(NC(c1ccccc1)c1ccccn1)c1cccc(S(=O)(=O)Nc2ccccc2F)c1. The zero-order valence-electron chi connectivity index (χ0n) is 17.4. The molecule has 4 aromatic rings. The fourth-order valence-corrected chi connectivity index (χ4v) is 4.40. The van der Waals surface area contributed by atoms with Gasteiger partial charge in [0.25, 0.3) is 15.9 Å². The Bertz CT molecular complexity index is 1320. The van der Waals surface area contributed by atoms with E-state index in [0.717, 1.165) is 11.6 Å². The molecule has 3 aromatic carbocycles. The smallest absolute Gasteiger partial charge is 0.262 e. The Morgan fingerprint density at radius 3 is 2.30 bits per heavy atom. The summed E-state index contributed by atoms with van der Waals surface area (Å²) in [7, 11) is -4.11. The van der Waals surface area contributed by atoms with Crippen LogP contribution in [0.25, 0.3) is 0 Å². The summed E-state index contributed by atoms with van der Waals surface area (Å²) in [6.45, 7) is 0. The number of pyridine rings is 1. The molecule has 1 unspecified atom stereocenters. The van der Waals surface area contributed by atoms with Gasteiger partial charge in [0.1, 0.15) is 5.82 Å². The summed E-state index contributed by atoms with van der Waals surface area (Å²) >= 11 is 0. The van der Waals surface area contributed by atoms with Crippen LogP contribution in [0.15, 0.2) is 108 Å². The van der Waals surface area contributed by atoms with E-state index in [1.165, 1.54) is 42.5 Å². The van der Waals surface area contributed by atoms with Crippen LogP contribution in [0.5, 0.6) is 0 Å². The fraction of sp³-hybridized carbons (Fsp3) is 0.0400. The number of rotatable bonds is 7. The number of anilines is 1. The molecular weight excluding hydrogens is 441 g/mol. The van der Waals surface area contributed by atoms with E-state index in [1.54, 1.807) is 18.3 Å². The van der Waals surface area contributed by atoms with Gasteiger partial charge in [-0.3, -0.25) is 14.5 Å². The number of amides is 1. The highest BCUT2D eigenvalue weighted by molar-refractivity contribution is 7.92. The Morgan fingerprint density at radius 2 is 1.58 bits per heavy atom. The van der Waals surface area contributed by atoms with E-state index in [2.05, 4.69) is 15.0 Å². The standard InChI is InChI=1S/C25H20FN3O3S/c26-21-13-4-5-14-22(21)29-33(31,32)20-12-8-11-19(17-20)25(30)28-24(18-9-2-1-3-10-18)23-15-6-7-16-27-23/h1-17,24,29H,(H,28,30). The van der Waals surface area contributed by atoms with E-state index >= 15 is 0 Å². The summed E-state index contributed by atoms with van der Waals surface area (Å²) in [5.74, 6) is -1.17. The first-order chi connectivity index (χ1) is 15.9. The van der Waals surface area contributed by atoms with Gasteiger partial charge < -0.3 is 5.32 Å². The van der Waals surface area contributed by atoms with Crippen molar-refractivity contribution in [3.8, 4) is 0 Å². The number of aromatic nitrogens is 1. The van der Waals surface area contributed by atoms with Crippen LogP contribution in [0.4, 0.5) is 10.1 Å². The molecule has 1 aromatic heterocycles. The lowest BCUT2D eigenvalue weighted by Crippen LogP contribution is -2.30. The van der Waals surface area contributed by atoms with Crippen molar-refractivity contribution >= 4 is 21.6 Å². The summed E-state index contributed by atoms with van der Waals surface area (Å²) in [6.07, 6.45) is 1.64. The van der Waals surface area contributed by atoms with Crippen molar-refractivity contribution in [2.75, 3.05) is 4.72 Å². The van der Waals surface area contributed by atoms with Crippen molar-refractivity contribution in [1.82, 2.24) is 10.3 Å². The Kier molecular flexibility index (Phi) is 6.46. The molecule has 0 bridgehead atoms. The lowest BCUT2D eigenvalue weighted by molar-refractivity contribution is 0.0942. The highest BCUT2D eigenvalue weighted by Gasteiger charge is 2.21. The predicted molar refractivity (Wildman–Crippen MR) is 124 cm³/mol. The highest BCUT2D eigenvalue weighted by atomic mass is 32.2. The monoisotopic (exact) mass is 461 g/mol. The molecule has 0 aliphatic heterocycles. The average molecular weight is 462 g/mol. The molecule has 0 radical (unpaired) electrons. The van der Waals surface area contributed by atoms with Gasteiger partial charge >= 0.3 is 0 Å². The van der Waals surface area contributed by atoms with Gasteiger partial charge in [-0.05, 0) is 48.0 Å². The number of nitrogens with one attached hydrogen (secondary N) is 2. The van der Waals surface area contributed by atoms with Gasteiger partial charge in [-0.25, -0.2) is 12.8 Å². The topological polar surface area (TPSA) is 88.2 Å². The minimum Gasteiger partial charge on any atom is -0.340 e. The molecule has 0 fully saturated rings. The number of nitrogens with zero attached hydrogens (tertiary/aromatic N) is 1. The van der Waals surface area contributed by atoms with Gasteiger partial charge in [0.15, 0.2) is 0 Å². The molecule has 0 saturated carbocycles. The van der Waals surface area contributed by atoms with Gasteiger partial charge in [0.2, 0.25) is 0 Å². The van der Waals surface area contributed by atoms with Crippen LogP contribution in [0, 0.1) is 5.82 Å². The molecule has 0 aliphatic rings. The third-order valence-corrected chi connectivity index (χ3v) is 6.28. The van der Waals surface area contributed by atoms with E-state index in [4.69, 9.17) is 0 Å². The number of sulfonamides is 1. The first kappa shape index (κ1) is 22.2. The average Bonchev–Trinajstić information content (AvgIpc) is 2.85. The summed E-state index contributed by atoms with van der Waals surface area (Å²) in [6, 6.07) is 25.2. The molecule has 0 aliphatic carbocycles. The maximum absolute atomic E-state index is 13.9. The Morgan fingerprint density at radius 1 is 0.848 bits per heavy atom. The third-order valence-electron chi connectivity index (χ3n) is 4.92. The van der Waals surface area contributed by atoms with Crippen LogP contribution >= 0.6 is 0 Å². The number of hydrogen-bond acceptors (Lipinski definition) is 4. The lowest BCUT2D eigenvalue weighted by Gasteiger charge is -2.19. The van der Waals surface area contributed by atoms with Crippen LogP contribution in [-0.2, 0) is 10.0 Å². The van der Waals surface area contributed by atoms with Gasteiger partial charge in [-0.15, -0.1) is 0 Å². The van der Waals surface area contributed by atoms with Crippen molar-refractivity contribution < 1.29 is 17.6 Å². The van der Waals surface area contributed by atoms with E-state index in [1.807, 2.05) is 36.4 Å². The second kappa shape index (κ2) is 9.62. The van der Waals surface area contributed by atoms with E-state index in [-0.39, 0.29) is 16.1 Å². The molecule has 8 heteroatoms. The van der Waals surface area contributed by atoms with Crippen molar-refractivity contribution in [3.63, 3.8) is 0 Å². The van der Waals surface area contributed by atoms with Crippen LogP contribution in [0.3, 0.4) is 0 Å². The van der Waals surface area contributed by atoms with Gasteiger partial charge in [-0.1, -0.05) is 54.6 Å². The molecular formula is C25H20FN3O3S. The van der Waals surface area contributed by atoms with E-state index in [0.29, 0.717) is 5.69 Å². The summed E-state index contributed by atoms with van der Waals surface area (Å²) < 4.78 is 41.7. The van der Waals surface area contributed by atoms with Crippen LogP contribution in [0.2, 0.25) is 0 Å². The Hall–Kier alpha value is -4.04. The number of benzene rings is 3. The first-order valence-electron chi connectivity index (χ1n) is 10.1. The maximum atomic E-state index is 13.9. The van der Waals surface area contributed by atoms with Crippen molar-refractivity contribution in [1.29, 1.82) is 0 Å². The molecule has 0 spiro atoms. The molecule has 33 heavy (non-hydrogen) atoms. The van der Waals surface area contributed by atoms with Crippen molar-refractivity contribution in [2.24, 2.45) is 0 Å². The van der Waals surface area contributed by atoms with E-state index in [9.17, 15) is 17.6 Å². The Balaban J connectivity index is 1.61. The number of para-hydroxylation sites is 1. The van der Waals surface area contributed by atoms with Crippen LogP contribution < -0.4 is 10.0 Å². The van der Waals surface area contributed by atoms with Gasteiger partial charge in [0, 0.05) is 11.8 Å². The third kappa shape index (κ3) is 5.24. The number of carbonyl (C=O) groups is 1. The summed E-state index contributed by atoms with van der Waals surface area (Å²) in [5.41, 5.74) is 1.44. The van der Waals surface area contributed by atoms with Gasteiger partial charge in [0.05, 0.1) is 22.3 Å². The minimum atomic E-state index is -4.11. The summed E-state index contributed by atoms with van der Waals surface area (Å²) in [4.78, 5) is 17.3. The summed E-state index contributed by atoms with van der Waals surface area (Å²) in [5, 5.41) is 2.93. The maximum Gasteiger partial charge on any atom is 0.262 e. The van der Waals surface area contributed by atoms with Crippen molar-refractivity contribution in [2.45, 2.75) is 10.9 Å². The first-order valence-corrected chi connectivity index (χ1v) is 11.6. The fourth-order valence-electron chi connectivity index (χ4n) is 3.29. The zero-order chi connectivity index (χ0) is 23.3. The number of hydrogen-bond donors (Lipinski definition) is 2. The lowest BCUT2D eigenvalue weighted by atomic mass is 10.0. The minimum absolute atomic E-state index is 0.142. The molecule has 6 nitrogen and oxygen atoms in total. The normalized spacial score (nSPS) is 12.0. The van der Waals surface area contributed by atoms with E-state index < -0.39 is 27.8 Å². The molecule has 1 atom stereocenters. The quantitative estimate of drug-likeness (QED) is 0.423. The number of halogens is 1. The predicted octanol–water partition coefficient (Wildman–Crippen LogP) is 4.54.